The molecule has 0 fully saturated rings. The lowest BCUT2D eigenvalue weighted by Gasteiger charge is -2.13. The summed E-state index contributed by atoms with van der Waals surface area (Å²) >= 11 is 0. The zero-order valence-corrected chi connectivity index (χ0v) is 9.40. The summed E-state index contributed by atoms with van der Waals surface area (Å²) in [5.74, 6) is 0.886. The molecule has 3 nitrogen and oxygen atoms in total. The molecule has 0 aliphatic heterocycles. The smallest absolute Gasteiger partial charge is 0.126 e. The van der Waals surface area contributed by atoms with Crippen molar-refractivity contribution in [3.8, 4) is 0 Å². The predicted molar refractivity (Wildman–Crippen MR) is 61.7 cm³/mol. The van der Waals surface area contributed by atoms with Gasteiger partial charge in [-0.1, -0.05) is 13.0 Å². The topological polar surface area (TPSA) is 34.4 Å². The van der Waals surface area contributed by atoms with E-state index in [0.717, 1.165) is 25.3 Å². The van der Waals surface area contributed by atoms with Crippen LogP contribution in [-0.4, -0.2) is 26.3 Å². The minimum atomic E-state index is 0.427. The van der Waals surface area contributed by atoms with Crippen molar-refractivity contribution >= 4 is 6.08 Å². The molecule has 0 saturated heterocycles. The molecule has 0 spiro atoms. The van der Waals surface area contributed by atoms with Crippen molar-refractivity contribution in [2.24, 2.45) is 0 Å². The van der Waals surface area contributed by atoms with E-state index in [0.29, 0.717) is 6.04 Å². The first kappa shape index (κ1) is 12.0. The first-order valence-corrected chi connectivity index (χ1v) is 5.29. The van der Waals surface area contributed by atoms with Gasteiger partial charge in [0.2, 0.25) is 0 Å². The van der Waals surface area contributed by atoms with Gasteiger partial charge < -0.3 is 14.5 Å². The predicted octanol–water partition coefficient (Wildman–Crippen LogP) is 2.31. The molecule has 0 amide bonds. The normalized spacial score (nSPS) is 13.5. The van der Waals surface area contributed by atoms with Crippen LogP contribution < -0.4 is 5.32 Å². The number of rotatable bonds is 7. The third-order valence-corrected chi connectivity index (χ3v) is 2.21. The maximum atomic E-state index is 5.18. The van der Waals surface area contributed by atoms with Crippen LogP contribution in [0.1, 0.15) is 19.1 Å². The second-order valence-electron chi connectivity index (χ2n) is 3.39. The molecule has 1 rings (SSSR count). The Balaban J connectivity index is 2.19. The molecule has 0 aromatic carbocycles. The molecule has 1 heterocycles. The van der Waals surface area contributed by atoms with Gasteiger partial charge in [0, 0.05) is 19.7 Å². The Morgan fingerprint density at radius 1 is 1.60 bits per heavy atom. The van der Waals surface area contributed by atoms with Gasteiger partial charge in [-0.15, -0.1) is 0 Å². The zero-order chi connectivity index (χ0) is 10.9. The number of furan rings is 1. The SMILES string of the molecule is CCC(COC)NC/C=C/c1ccco1. The van der Waals surface area contributed by atoms with Crippen molar-refractivity contribution in [1.29, 1.82) is 0 Å². The lowest BCUT2D eigenvalue weighted by Crippen LogP contribution is -2.32. The highest BCUT2D eigenvalue weighted by molar-refractivity contribution is 5.42. The summed E-state index contributed by atoms with van der Waals surface area (Å²) < 4.78 is 10.3. The molecule has 15 heavy (non-hydrogen) atoms. The van der Waals surface area contributed by atoms with Crippen LogP contribution in [0.4, 0.5) is 0 Å². The van der Waals surface area contributed by atoms with Crippen molar-refractivity contribution in [2.75, 3.05) is 20.3 Å². The van der Waals surface area contributed by atoms with E-state index in [-0.39, 0.29) is 0 Å². The standard InChI is InChI=1S/C12H19NO2/c1-3-11(10-14-2)13-8-4-6-12-7-5-9-15-12/h4-7,9,11,13H,3,8,10H2,1-2H3/b6-4+. The lowest BCUT2D eigenvalue weighted by atomic mass is 10.2. The number of ether oxygens (including phenoxy) is 1. The van der Waals surface area contributed by atoms with Crippen molar-refractivity contribution in [3.63, 3.8) is 0 Å². The molecule has 0 aliphatic rings. The molecular weight excluding hydrogens is 190 g/mol. The van der Waals surface area contributed by atoms with Crippen molar-refractivity contribution < 1.29 is 9.15 Å². The van der Waals surface area contributed by atoms with Gasteiger partial charge in [0.1, 0.15) is 5.76 Å². The van der Waals surface area contributed by atoms with Crippen LogP contribution in [0.3, 0.4) is 0 Å². The summed E-state index contributed by atoms with van der Waals surface area (Å²) in [5, 5.41) is 3.38. The number of methoxy groups -OCH3 is 1. The molecule has 1 atom stereocenters. The Bertz CT molecular complexity index is 267. The second kappa shape index (κ2) is 7.26. The molecule has 1 unspecified atom stereocenters. The van der Waals surface area contributed by atoms with Gasteiger partial charge in [-0.2, -0.15) is 0 Å². The fourth-order valence-electron chi connectivity index (χ4n) is 1.32. The summed E-state index contributed by atoms with van der Waals surface area (Å²) in [6, 6.07) is 4.24. The van der Waals surface area contributed by atoms with Gasteiger partial charge in [-0.3, -0.25) is 0 Å². The van der Waals surface area contributed by atoms with Gasteiger partial charge in [0.15, 0.2) is 0 Å². The molecule has 0 saturated carbocycles. The third kappa shape index (κ3) is 4.81. The fraction of sp³-hybridized carbons (Fsp3) is 0.500. The van der Waals surface area contributed by atoms with Crippen molar-refractivity contribution in [2.45, 2.75) is 19.4 Å². The quantitative estimate of drug-likeness (QED) is 0.748. The average molecular weight is 209 g/mol. The summed E-state index contributed by atoms with van der Waals surface area (Å²) in [6.45, 7) is 3.74. The maximum absolute atomic E-state index is 5.18. The van der Waals surface area contributed by atoms with E-state index >= 15 is 0 Å². The first-order chi connectivity index (χ1) is 7.36. The number of hydrogen-bond donors (Lipinski definition) is 1. The molecule has 1 N–H and O–H groups in total. The number of nitrogens with one attached hydrogen (secondary N) is 1. The van der Waals surface area contributed by atoms with E-state index in [1.807, 2.05) is 18.2 Å². The van der Waals surface area contributed by atoms with E-state index in [1.54, 1.807) is 13.4 Å². The van der Waals surface area contributed by atoms with Crippen molar-refractivity contribution in [3.05, 3.63) is 30.2 Å². The highest BCUT2D eigenvalue weighted by Crippen LogP contribution is 2.01. The van der Waals surface area contributed by atoms with Crippen LogP contribution in [0.15, 0.2) is 28.9 Å². The van der Waals surface area contributed by atoms with E-state index in [9.17, 15) is 0 Å². The first-order valence-electron chi connectivity index (χ1n) is 5.29. The van der Waals surface area contributed by atoms with E-state index < -0.39 is 0 Å². The number of hydrogen-bond acceptors (Lipinski definition) is 3. The van der Waals surface area contributed by atoms with Gasteiger partial charge in [-0.05, 0) is 24.6 Å². The molecule has 1 aromatic rings. The van der Waals surface area contributed by atoms with Crippen LogP contribution in [0, 0.1) is 0 Å². The Kier molecular flexibility index (Phi) is 5.81. The average Bonchev–Trinajstić information content (AvgIpc) is 2.75. The Morgan fingerprint density at radius 3 is 3.07 bits per heavy atom. The zero-order valence-electron chi connectivity index (χ0n) is 9.40. The van der Waals surface area contributed by atoms with E-state index in [1.165, 1.54) is 0 Å². The van der Waals surface area contributed by atoms with Gasteiger partial charge in [-0.25, -0.2) is 0 Å². The summed E-state index contributed by atoms with van der Waals surface area (Å²) in [4.78, 5) is 0. The molecule has 3 heteroatoms. The van der Waals surface area contributed by atoms with Crippen LogP contribution in [0.2, 0.25) is 0 Å². The minimum Gasteiger partial charge on any atom is -0.465 e. The monoisotopic (exact) mass is 209 g/mol. The summed E-state index contributed by atoms with van der Waals surface area (Å²) in [5.41, 5.74) is 0. The van der Waals surface area contributed by atoms with Gasteiger partial charge in [0.25, 0.3) is 0 Å². The van der Waals surface area contributed by atoms with E-state index in [4.69, 9.17) is 9.15 Å². The fourth-order valence-corrected chi connectivity index (χ4v) is 1.32. The van der Waals surface area contributed by atoms with Gasteiger partial charge in [0.05, 0.1) is 12.9 Å². The van der Waals surface area contributed by atoms with Crippen molar-refractivity contribution in [1.82, 2.24) is 5.32 Å². The lowest BCUT2D eigenvalue weighted by molar-refractivity contribution is 0.166. The van der Waals surface area contributed by atoms with Crippen LogP contribution in [0.25, 0.3) is 6.08 Å². The Labute approximate surface area is 91.1 Å². The van der Waals surface area contributed by atoms with Crippen LogP contribution in [0.5, 0.6) is 0 Å². The summed E-state index contributed by atoms with van der Waals surface area (Å²) in [6.07, 6.45) is 6.76. The Hall–Kier alpha value is -1.06. The molecule has 84 valence electrons. The third-order valence-electron chi connectivity index (χ3n) is 2.21. The molecule has 0 radical (unpaired) electrons. The molecule has 0 bridgehead atoms. The maximum Gasteiger partial charge on any atom is 0.126 e. The van der Waals surface area contributed by atoms with E-state index in [2.05, 4.69) is 18.3 Å². The molecule has 1 aromatic heterocycles. The molecular formula is C12H19NO2. The second-order valence-corrected chi connectivity index (χ2v) is 3.39. The van der Waals surface area contributed by atoms with Gasteiger partial charge >= 0.3 is 0 Å². The van der Waals surface area contributed by atoms with Crippen LogP contribution >= 0.6 is 0 Å². The highest BCUT2D eigenvalue weighted by Gasteiger charge is 2.01. The largest absolute Gasteiger partial charge is 0.465 e. The molecule has 0 aliphatic carbocycles. The summed E-state index contributed by atoms with van der Waals surface area (Å²) in [7, 11) is 1.73. The highest BCUT2D eigenvalue weighted by atomic mass is 16.5. The van der Waals surface area contributed by atoms with Crippen LogP contribution in [-0.2, 0) is 4.74 Å². The Morgan fingerprint density at radius 2 is 2.47 bits per heavy atom. The minimum absolute atomic E-state index is 0.427.